The number of aryl methyl sites for hydroxylation is 1. The van der Waals surface area contributed by atoms with Crippen LogP contribution >= 0.6 is 0 Å². The second-order valence-electron chi connectivity index (χ2n) is 14.4. The first kappa shape index (κ1) is 29.3. The molecule has 52 heavy (non-hydrogen) atoms. The van der Waals surface area contributed by atoms with Gasteiger partial charge in [-0.15, -0.1) is 0 Å². The minimum Gasteiger partial charge on any atom is -0.344 e. The molecule has 0 aliphatic heterocycles. The van der Waals surface area contributed by atoms with E-state index in [1.165, 1.54) is 88.6 Å². The van der Waals surface area contributed by atoms with Crippen molar-refractivity contribution < 1.29 is 0 Å². The number of nitrogens with zero attached hydrogens (tertiary/aromatic N) is 1. The van der Waals surface area contributed by atoms with Crippen molar-refractivity contribution in [1.82, 2.24) is 4.57 Å². The zero-order chi connectivity index (χ0) is 34.4. The van der Waals surface area contributed by atoms with Crippen molar-refractivity contribution in [1.29, 1.82) is 0 Å². The van der Waals surface area contributed by atoms with Crippen molar-refractivity contribution in [2.75, 3.05) is 0 Å². The molecule has 0 bridgehead atoms. The smallest absolute Gasteiger partial charge is 0.0713 e. The maximum Gasteiger partial charge on any atom is 0.0713 e. The Balaban J connectivity index is 1.35. The van der Waals surface area contributed by atoms with Gasteiger partial charge in [0.1, 0.15) is 0 Å². The molecule has 0 N–H and O–H groups in total. The van der Waals surface area contributed by atoms with Crippen LogP contribution < -0.4 is 0 Å². The van der Waals surface area contributed by atoms with E-state index in [0.29, 0.717) is 0 Å². The Morgan fingerprint density at radius 2 is 0.615 bits per heavy atom. The summed E-state index contributed by atoms with van der Waals surface area (Å²) >= 11 is 0. The average molecular weight is 662 g/mol. The number of aromatic nitrogens is 1. The van der Waals surface area contributed by atoms with Crippen molar-refractivity contribution >= 4 is 21.8 Å². The highest BCUT2D eigenvalue weighted by atomic mass is 14.9. The van der Waals surface area contributed by atoms with Crippen LogP contribution in [0.2, 0.25) is 0 Å². The van der Waals surface area contributed by atoms with E-state index in [1.807, 2.05) is 0 Å². The van der Waals surface area contributed by atoms with Gasteiger partial charge < -0.3 is 4.57 Å². The highest BCUT2D eigenvalue weighted by molar-refractivity contribution is 6.23. The normalized spacial score (nSPS) is 14.6. The molecule has 8 aromatic carbocycles. The molecule has 0 spiro atoms. The Kier molecular flexibility index (Phi) is 6.08. The largest absolute Gasteiger partial charge is 0.344 e. The van der Waals surface area contributed by atoms with Gasteiger partial charge >= 0.3 is 0 Å². The predicted molar refractivity (Wildman–Crippen MR) is 215 cm³/mol. The van der Waals surface area contributed by atoms with Crippen LogP contribution in [0.25, 0.3) is 44.1 Å². The molecule has 1 heteroatoms. The van der Waals surface area contributed by atoms with Crippen LogP contribution in [0.4, 0.5) is 0 Å². The van der Waals surface area contributed by atoms with E-state index in [1.54, 1.807) is 0 Å². The standard InChI is InChI=1S/C51H35N/c1-52-44-32-30-42-46(38-26-14-16-28-40(38)50(42,34-18-6-2-7-19-34)35-20-8-3-9-21-35)48(44)49-45(52)33-31-43-47(49)39-27-15-17-29-41(39)51(43,36-22-10-4-11-23-36)37-24-12-5-13-25-37/h2-33H,1H3. The van der Waals surface area contributed by atoms with Crippen molar-refractivity contribution in [3.63, 3.8) is 0 Å². The van der Waals surface area contributed by atoms with Crippen LogP contribution in [-0.2, 0) is 17.9 Å². The summed E-state index contributed by atoms with van der Waals surface area (Å²) in [6.07, 6.45) is 0. The van der Waals surface area contributed by atoms with Crippen molar-refractivity contribution in [3.8, 4) is 22.3 Å². The second-order valence-corrected chi connectivity index (χ2v) is 14.4. The summed E-state index contributed by atoms with van der Waals surface area (Å²) in [6, 6.07) is 72.4. The summed E-state index contributed by atoms with van der Waals surface area (Å²) in [7, 11) is 2.24. The van der Waals surface area contributed by atoms with E-state index in [4.69, 9.17) is 0 Å². The fraction of sp³-hybridized carbons (Fsp3) is 0.0588. The molecule has 0 saturated carbocycles. The summed E-state index contributed by atoms with van der Waals surface area (Å²) in [5, 5.41) is 2.67. The molecule has 0 saturated heterocycles. The molecule has 0 fully saturated rings. The molecule has 2 aliphatic rings. The number of rotatable bonds is 4. The lowest BCUT2D eigenvalue weighted by Gasteiger charge is -2.34. The van der Waals surface area contributed by atoms with Gasteiger partial charge in [0.2, 0.25) is 0 Å². The molecule has 2 aliphatic carbocycles. The second kappa shape index (κ2) is 10.8. The molecular formula is C51H35N. The fourth-order valence-corrected chi connectivity index (χ4v) is 10.2. The zero-order valence-electron chi connectivity index (χ0n) is 28.9. The van der Waals surface area contributed by atoms with Crippen LogP contribution in [0.1, 0.15) is 44.5 Å². The number of benzene rings is 8. The first-order valence-electron chi connectivity index (χ1n) is 18.3. The zero-order valence-corrected chi connectivity index (χ0v) is 28.9. The molecular weight excluding hydrogens is 627 g/mol. The lowest BCUT2D eigenvalue weighted by atomic mass is 9.67. The maximum absolute atomic E-state index is 2.42. The van der Waals surface area contributed by atoms with E-state index in [0.717, 1.165) is 0 Å². The molecule has 11 rings (SSSR count). The number of fused-ring (bicyclic) bond motifs is 11. The summed E-state index contributed by atoms with van der Waals surface area (Å²) < 4.78 is 2.42. The van der Waals surface area contributed by atoms with Gasteiger partial charge in [-0.25, -0.2) is 0 Å². The minimum atomic E-state index is -0.460. The molecule has 1 aromatic heterocycles. The highest BCUT2D eigenvalue weighted by Gasteiger charge is 2.49. The van der Waals surface area contributed by atoms with E-state index in [-0.39, 0.29) is 0 Å². The average Bonchev–Trinajstić information content (AvgIpc) is 3.81. The third-order valence-electron chi connectivity index (χ3n) is 12.2. The molecule has 0 radical (unpaired) electrons. The topological polar surface area (TPSA) is 4.93 Å². The monoisotopic (exact) mass is 661 g/mol. The SMILES string of the molecule is Cn1c2ccc3c(c2c2c4c(ccc21)C(c1ccccc1)(c1ccccc1)c1ccccc1-4)-c1ccccc1C3(c1ccccc1)c1ccccc1. The Hall–Kier alpha value is -6.44. The third kappa shape index (κ3) is 3.53. The van der Waals surface area contributed by atoms with Gasteiger partial charge in [-0.3, -0.25) is 0 Å². The van der Waals surface area contributed by atoms with E-state index in [2.05, 4.69) is 206 Å². The summed E-state index contributed by atoms with van der Waals surface area (Å²) in [5.41, 5.74) is 17.4. The molecule has 1 nitrogen and oxygen atoms in total. The fourth-order valence-electron chi connectivity index (χ4n) is 10.2. The van der Waals surface area contributed by atoms with E-state index >= 15 is 0 Å². The van der Waals surface area contributed by atoms with Gasteiger partial charge in [0, 0.05) is 28.9 Å². The maximum atomic E-state index is 2.42. The minimum absolute atomic E-state index is 0.460. The third-order valence-corrected chi connectivity index (χ3v) is 12.2. The molecule has 1 heterocycles. The van der Waals surface area contributed by atoms with Gasteiger partial charge in [-0.1, -0.05) is 182 Å². The molecule has 0 amide bonds. The Morgan fingerprint density at radius 3 is 0.962 bits per heavy atom. The Bertz CT molecular complexity index is 2550. The molecule has 0 atom stereocenters. The molecule has 0 unspecified atom stereocenters. The van der Waals surface area contributed by atoms with Crippen molar-refractivity contribution in [2.45, 2.75) is 10.8 Å². The Morgan fingerprint density at radius 1 is 0.308 bits per heavy atom. The van der Waals surface area contributed by atoms with Crippen molar-refractivity contribution in [3.05, 3.63) is 239 Å². The number of hydrogen-bond acceptors (Lipinski definition) is 0. The first-order valence-corrected chi connectivity index (χ1v) is 18.3. The first-order chi connectivity index (χ1) is 25.8. The van der Waals surface area contributed by atoms with Crippen LogP contribution in [0.3, 0.4) is 0 Å². The predicted octanol–water partition coefficient (Wildman–Crippen LogP) is 12.1. The molecule has 9 aromatic rings. The van der Waals surface area contributed by atoms with Gasteiger partial charge in [-0.05, 0) is 78.9 Å². The quantitative estimate of drug-likeness (QED) is 0.177. The van der Waals surface area contributed by atoms with E-state index < -0.39 is 10.8 Å². The van der Waals surface area contributed by atoms with Crippen LogP contribution in [0, 0.1) is 0 Å². The summed E-state index contributed by atoms with van der Waals surface area (Å²) in [4.78, 5) is 0. The van der Waals surface area contributed by atoms with Crippen LogP contribution in [0.5, 0.6) is 0 Å². The number of hydrogen-bond donors (Lipinski definition) is 0. The van der Waals surface area contributed by atoms with Crippen LogP contribution in [0.15, 0.2) is 194 Å². The lowest BCUT2D eigenvalue weighted by molar-refractivity contribution is 0.769. The molecule has 244 valence electrons. The van der Waals surface area contributed by atoms with Gasteiger partial charge in [-0.2, -0.15) is 0 Å². The van der Waals surface area contributed by atoms with Gasteiger partial charge in [0.05, 0.1) is 10.8 Å². The van der Waals surface area contributed by atoms with Crippen molar-refractivity contribution in [2.24, 2.45) is 7.05 Å². The summed E-state index contributed by atoms with van der Waals surface area (Å²) in [6.45, 7) is 0. The van der Waals surface area contributed by atoms with Crippen LogP contribution in [-0.4, -0.2) is 4.57 Å². The van der Waals surface area contributed by atoms with Gasteiger partial charge in [0.15, 0.2) is 0 Å². The van der Waals surface area contributed by atoms with Gasteiger partial charge in [0.25, 0.3) is 0 Å². The summed E-state index contributed by atoms with van der Waals surface area (Å²) in [5.74, 6) is 0. The van der Waals surface area contributed by atoms with E-state index in [9.17, 15) is 0 Å². The highest BCUT2D eigenvalue weighted by Crippen LogP contribution is 2.62. The lowest BCUT2D eigenvalue weighted by Crippen LogP contribution is -2.28. The Labute approximate surface area is 304 Å².